The Hall–Kier alpha value is -0.570. The van der Waals surface area contributed by atoms with Gasteiger partial charge in [-0.3, -0.25) is 0 Å². The SMILES string of the molecule is CCCCOCCNS(=O)(=O)c1c(F)cc(F)cc1Br. The van der Waals surface area contributed by atoms with E-state index in [9.17, 15) is 17.2 Å². The molecule has 0 amide bonds. The molecule has 0 aromatic heterocycles. The van der Waals surface area contributed by atoms with Crippen LogP contribution in [0.1, 0.15) is 19.8 Å². The van der Waals surface area contributed by atoms with E-state index >= 15 is 0 Å². The molecule has 0 radical (unpaired) electrons. The maximum Gasteiger partial charge on any atom is 0.244 e. The molecular formula is C12H16BrF2NO3S. The first-order chi connectivity index (χ1) is 9.38. The molecule has 0 atom stereocenters. The fourth-order valence-electron chi connectivity index (χ4n) is 1.45. The van der Waals surface area contributed by atoms with Crippen molar-refractivity contribution in [2.75, 3.05) is 19.8 Å². The van der Waals surface area contributed by atoms with E-state index in [4.69, 9.17) is 4.74 Å². The standard InChI is InChI=1S/C12H16BrF2NO3S/c1-2-3-5-19-6-4-16-20(17,18)12-10(13)7-9(14)8-11(12)15/h7-8,16H,2-6H2,1H3. The van der Waals surface area contributed by atoms with Crippen molar-refractivity contribution in [2.24, 2.45) is 0 Å². The van der Waals surface area contributed by atoms with Crippen molar-refractivity contribution in [3.63, 3.8) is 0 Å². The maximum atomic E-state index is 13.6. The van der Waals surface area contributed by atoms with Crippen LogP contribution in [0, 0.1) is 11.6 Å². The predicted molar refractivity (Wildman–Crippen MR) is 75.0 cm³/mol. The van der Waals surface area contributed by atoms with Gasteiger partial charge in [0.2, 0.25) is 10.0 Å². The molecule has 4 nitrogen and oxygen atoms in total. The van der Waals surface area contributed by atoms with Crippen LogP contribution < -0.4 is 4.72 Å². The van der Waals surface area contributed by atoms with Gasteiger partial charge >= 0.3 is 0 Å². The number of sulfonamides is 1. The number of hydrogen-bond acceptors (Lipinski definition) is 3. The molecule has 0 aliphatic rings. The van der Waals surface area contributed by atoms with Gasteiger partial charge in [0.15, 0.2) is 0 Å². The number of ether oxygens (including phenoxy) is 1. The van der Waals surface area contributed by atoms with Crippen LogP contribution in [-0.2, 0) is 14.8 Å². The minimum atomic E-state index is -4.05. The molecule has 0 fully saturated rings. The Morgan fingerprint density at radius 3 is 2.60 bits per heavy atom. The molecule has 1 rings (SSSR count). The van der Waals surface area contributed by atoms with E-state index in [1.165, 1.54) is 0 Å². The zero-order chi connectivity index (χ0) is 15.2. The van der Waals surface area contributed by atoms with Gasteiger partial charge in [-0.05, 0) is 28.4 Å². The monoisotopic (exact) mass is 371 g/mol. The number of nitrogens with one attached hydrogen (secondary N) is 1. The zero-order valence-electron chi connectivity index (χ0n) is 11.0. The lowest BCUT2D eigenvalue weighted by atomic mass is 10.3. The highest BCUT2D eigenvalue weighted by atomic mass is 79.9. The summed E-state index contributed by atoms with van der Waals surface area (Å²) in [5.41, 5.74) is 0. The summed E-state index contributed by atoms with van der Waals surface area (Å²) < 4.78 is 57.6. The van der Waals surface area contributed by atoms with Crippen LogP contribution in [0.25, 0.3) is 0 Å². The third-order valence-corrected chi connectivity index (χ3v) is 4.84. The van der Waals surface area contributed by atoms with Gasteiger partial charge in [-0.15, -0.1) is 0 Å². The zero-order valence-corrected chi connectivity index (χ0v) is 13.4. The van der Waals surface area contributed by atoms with Gasteiger partial charge in [0, 0.05) is 23.7 Å². The highest BCUT2D eigenvalue weighted by Crippen LogP contribution is 2.25. The van der Waals surface area contributed by atoms with Gasteiger partial charge in [-0.1, -0.05) is 13.3 Å². The summed E-state index contributed by atoms with van der Waals surface area (Å²) in [4.78, 5) is -0.604. The summed E-state index contributed by atoms with van der Waals surface area (Å²) in [6.07, 6.45) is 1.88. The second kappa shape index (κ2) is 8.02. The molecule has 0 spiro atoms. The molecule has 0 unspecified atom stereocenters. The summed E-state index contributed by atoms with van der Waals surface area (Å²) in [6.45, 7) is 2.78. The second-order valence-corrected chi connectivity index (χ2v) is 6.62. The second-order valence-electron chi connectivity index (χ2n) is 4.06. The Kier molecular flexibility index (Phi) is 7.01. The fraction of sp³-hybridized carbons (Fsp3) is 0.500. The topological polar surface area (TPSA) is 55.4 Å². The van der Waals surface area contributed by atoms with Gasteiger partial charge in [0.25, 0.3) is 0 Å². The summed E-state index contributed by atoms with van der Waals surface area (Å²) in [5.74, 6) is -1.99. The van der Waals surface area contributed by atoms with Gasteiger partial charge in [0.1, 0.15) is 16.5 Å². The average molecular weight is 372 g/mol. The first-order valence-corrected chi connectivity index (χ1v) is 8.38. The lowest BCUT2D eigenvalue weighted by molar-refractivity contribution is 0.136. The molecule has 0 heterocycles. The van der Waals surface area contributed by atoms with E-state index in [0.29, 0.717) is 12.7 Å². The average Bonchev–Trinajstić information content (AvgIpc) is 2.31. The molecule has 1 aromatic carbocycles. The minimum absolute atomic E-state index is 0.0231. The molecule has 0 bridgehead atoms. The van der Waals surface area contributed by atoms with Gasteiger partial charge in [-0.2, -0.15) is 0 Å². The summed E-state index contributed by atoms with van der Waals surface area (Å²) >= 11 is 2.85. The van der Waals surface area contributed by atoms with E-state index in [2.05, 4.69) is 20.7 Å². The van der Waals surface area contributed by atoms with Crippen molar-refractivity contribution >= 4 is 26.0 Å². The Bertz CT molecular complexity index is 529. The van der Waals surface area contributed by atoms with E-state index in [1.54, 1.807) is 0 Å². The van der Waals surface area contributed by atoms with Crippen LogP contribution in [-0.4, -0.2) is 28.2 Å². The lowest BCUT2D eigenvalue weighted by Crippen LogP contribution is -2.28. The highest BCUT2D eigenvalue weighted by molar-refractivity contribution is 9.10. The van der Waals surface area contributed by atoms with Crippen molar-refractivity contribution in [1.82, 2.24) is 4.72 Å². The van der Waals surface area contributed by atoms with Gasteiger partial charge < -0.3 is 4.74 Å². The quantitative estimate of drug-likeness (QED) is 0.714. The van der Waals surface area contributed by atoms with Crippen LogP contribution in [0.2, 0.25) is 0 Å². The Morgan fingerprint density at radius 1 is 1.30 bits per heavy atom. The van der Waals surface area contributed by atoms with Gasteiger partial charge in [0.05, 0.1) is 6.61 Å². The molecule has 1 N–H and O–H groups in total. The van der Waals surface area contributed by atoms with Crippen molar-refractivity contribution in [2.45, 2.75) is 24.7 Å². The lowest BCUT2D eigenvalue weighted by Gasteiger charge is -2.10. The Morgan fingerprint density at radius 2 is 2.00 bits per heavy atom. The first-order valence-electron chi connectivity index (χ1n) is 6.10. The largest absolute Gasteiger partial charge is 0.380 e. The molecule has 20 heavy (non-hydrogen) atoms. The van der Waals surface area contributed by atoms with Gasteiger partial charge in [-0.25, -0.2) is 21.9 Å². The molecule has 114 valence electrons. The number of unbranched alkanes of at least 4 members (excludes halogenated alkanes) is 1. The van der Waals surface area contributed by atoms with Crippen LogP contribution >= 0.6 is 15.9 Å². The molecule has 0 aliphatic carbocycles. The molecule has 0 saturated heterocycles. The third-order valence-electron chi connectivity index (χ3n) is 2.41. The number of hydrogen-bond donors (Lipinski definition) is 1. The van der Waals surface area contributed by atoms with Crippen molar-refractivity contribution < 1.29 is 21.9 Å². The van der Waals surface area contributed by atoms with Crippen LogP contribution in [0.5, 0.6) is 0 Å². The molecule has 0 aliphatic heterocycles. The number of halogens is 3. The van der Waals surface area contributed by atoms with Crippen LogP contribution in [0.3, 0.4) is 0 Å². The normalized spacial score (nSPS) is 11.8. The third kappa shape index (κ3) is 5.08. The molecule has 8 heteroatoms. The predicted octanol–water partition coefficient (Wildman–Crippen LogP) is 2.82. The summed E-state index contributed by atoms with van der Waals surface area (Å²) in [6, 6.07) is 1.42. The van der Waals surface area contributed by atoms with Crippen molar-refractivity contribution in [1.29, 1.82) is 0 Å². The van der Waals surface area contributed by atoms with E-state index in [-0.39, 0.29) is 17.6 Å². The minimum Gasteiger partial charge on any atom is -0.380 e. The van der Waals surface area contributed by atoms with Crippen molar-refractivity contribution in [3.8, 4) is 0 Å². The Balaban J connectivity index is 2.66. The highest BCUT2D eigenvalue weighted by Gasteiger charge is 2.23. The first kappa shape index (κ1) is 17.5. The number of rotatable bonds is 8. The molecule has 0 saturated carbocycles. The number of benzene rings is 1. The molecule has 1 aromatic rings. The summed E-state index contributed by atoms with van der Waals surface area (Å²) in [7, 11) is -4.05. The maximum absolute atomic E-state index is 13.6. The fourth-order valence-corrected chi connectivity index (χ4v) is 3.63. The van der Waals surface area contributed by atoms with Crippen LogP contribution in [0.15, 0.2) is 21.5 Å². The smallest absolute Gasteiger partial charge is 0.244 e. The summed E-state index contributed by atoms with van der Waals surface area (Å²) in [5, 5.41) is 0. The van der Waals surface area contributed by atoms with E-state index < -0.39 is 26.6 Å². The molecular weight excluding hydrogens is 356 g/mol. The van der Waals surface area contributed by atoms with Crippen LogP contribution in [0.4, 0.5) is 8.78 Å². The Labute approximate surface area is 125 Å². The van der Waals surface area contributed by atoms with Crippen molar-refractivity contribution in [3.05, 3.63) is 28.2 Å². The van der Waals surface area contributed by atoms with E-state index in [1.807, 2.05) is 6.92 Å². The van der Waals surface area contributed by atoms with E-state index in [0.717, 1.165) is 18.9 Å².